The molecule has 152 valence electrons. The van der Waals surface area contributed by atoms with Gasteiger partial charge in [-0.2, -0.15) is 0 Å². The number of nitrogens with zero attached hydrogens (tertiary/aromatic N) is 3. The number of rotatable bonds is 5. The second-order valence-corrected chi connectivity index (χ2v) is 9.75. The van der Waals surface area contributed by atoms with E-state index in [2.05, 4.69) is 78.2 Å². The third kappa shape index (κ3) is 5.01. The van der Waals surface area contributed by atoms with Gasteiger partial charge in [0, 0.05) is 54.2 Å². The summed E-state index contributed by atoms with van der Waals surface area (Å²) in [7, 11) is 0. The molecule has 0 atom stereocenters. The third-order valence-corrected chi connectivity index (χ3v) is 5.85. The molecule has 0 saturated carbocycles. The predicted molar refractivity (Wildman–Crippen MR) is 120 cm³/mol. The van der Waals surface area contributed by atoms with Crippen LogP contribution in [0, 0.1) is 0 Å². The van der Waals surface area contributed by atoms with E-state index in [1.807, 2.05) is 30.7 Å². The number of piperidine rings is 1. The van der Waals surface area contributed by atoms with Crippen molar-refractivity contribution in [3.8, 4) is 0 Å². The average Bonchev–Trinajstić information content (AvgIpc) is 2.66. The van der Waals surface area contributed by atoms with Gasteiger partial charge in [0.25, 0.3) is 0 Å². The number of hydrogen-bond acceptors (Lipinski definition) is 4. The molecule has 0 bridgehead atoms. The number of aromatic nitrogens is 2. The fourth-order valence-electron chi connectivity index (χ4n) is 5.02. The van der Waals surface area contributed by atoms with Gasteiger partial charge in [-0.25, -0.2) is 0 Å². The molecule has 1 aliphatic rings. The van der Waals surface area contributed by atoms with E-state index in [9.17, 15) is 0 Å². The molecule has 4 nitrogen and oxygen atoms in total. The average molecular weight is 389 g/mol. The Labute approximate surface area is 174 Å². The molecular weight excluding hydrogens is 356 g/mol. The molecule has 1 N–H and O–H groups in total. The summed E-state index contributed by atoms with van der Waals surface area (Å²) >= 11 is 0. The lowest BCUT2D eigenvalue weighted by atomic mass is 9.79. The first-order chi connectivity index (χ1) is 13.8. The topological polar surface area (TPSA) is 41.1 Å². The van der Waals surface area contributed by atoms with E-state index in [0.717, 1.165) is 31.4 Å². The normalized spacial score (nSPS) is 18.9. The van der Waals surface area contributed by atoms with Crippen molar-refractivity contribution in [3.63, 3.8) is 0 Å². The molecule has 0 unspecified atom stereocenters. The van der Waals surface area contributed by atoms with Gasteiger partial charge >= 0.3 is 0 Å². The minimum Gasteiger partial charge on any atom is -0.307 e. The number of nitrogens with one attached hydrogen (secondary N) is 1. The molecule has 4 rings (SSSR count). The van der Waals surface area contributed by atoms with Crippen LogP contribution in [0.15, 0.2) is 61.1 Å². The summed E-state index contributed by atoms with van der Waals surface area (Å²) in [5.41, 5.74) is 3.90. The molecule has 4 heteroatoms. The summed E-state index contributed by atoms with van der Waals surface area (Å²) in [6.07, 6.45) is 7.96. The summed E-state index contributed by atoms with van der Waals surface area (Å²) in [6, 6.07) is 15.5. The fourth-order valence-corrected chi connectivity index (χ4v) is 5.02. The van der Waals surface area contributed by atoms with Gasteiger partial charge in [-0.05, 0) is 75.9 Å². The number of hydrogen-bond donors (Lipinski definition) is 1. The molecule has 0 radical (unpaired) electrons. The Hall–Kier alpha value is -2.30. The van der Waals surface area contributed by atoms with Crippen molar-refractivity contribution in [1.29, 1.82) is 0 Å². The zero-order chi connectivity index (χ0) is 20.5. The molecule has 1 fully saturated rings. The Balaban J connectivity index is 1.64. The lowest BCUT2D eigenvalue weighted by Gasteiger charge is -2.49. The van der Waals surface area contributed by atoms with Crippen LogP contribution in [-0.2, 0) is 13.1 Å². The minimum absolute atomic E-state index is 0.118. The second kappa shape index (κ2) is 7.85. The van der Waals surface area contributed by atoms with Crippen molar-refractivity contribution in [2.75, 3.05) is 0 Å². The molecule has 1 aliphatic heterocycles. The van der Waals surface area contributed by atoms with Crippen LogP contribution >= 0.6 is 0 Å². The van der Waals surface area contributed by atoms with E-state index in [0.29, 0.717) is 6.04 Å². The number of fused-ring (bicyclic) bond motifs is 1. The van der Waals surface area contributed by atoms with E-state index in [1.54, 1.807) is 0 Å². The Morgan fingerprint density at radius 2 is 1.66 bits per heavy atom. The smallest absolute Gasteiger partial charge is 0.0702 e. The van der Waals surface area contributed by atoms with Gasteiger partial charge in [-0.15, -0.1) is 0 Å². The summed E-state index contributed by atoms with van der Waals surface area (Å²) in [6.45, 7) is 11.1. The highest BCUT2D eigenvalue weighted by Gasteiger charge is 2.39. The maximum atomic E-state index is 4.47. The Morgan fingerprint density at radius 3 is 2.38 bits per heavy atom. The first-order valence-electron chi connectivity index (χ1n) is 10.6. The minimum atomic E-state index is 0.118. The van der Waals surface area contributed by atoms with Gasteiger partial charge in [-0.1, -0.05) is 18.2 Å². The highest BCUT2D eigenvalue weighted by Crippen LogP contribution is 2.33. The number of pyridine rings is 2. The van der Waals surface area contributed by atoms with Crippen LogP contribution in [0.2, 0.25) is 0 Å². The van der Waals surface area contributed by atoms with Crippen LogP contribution in [-0.4, -0.2) is 32.0 Å². The van der Waals surface area contributed by atoms with Gasteiger partial charge in [0.1, 0.15) is 0 Å². The SMILES string of the molecule is CC1(C)CC(N(Cc2cccnc2)Cc2ccc3ncccc3c2)CC(C)(C)N1. The van der Waals surface area contributed by atoms with Gasteiger partial charge in [0.2, 0.25) is 0 Å². The maximum absolute atomic E-state index is 4.47. The van der Waals surface area contributed by atoms with Crippen molar-refractivity contribution in [2.45, 2.75) is 70.7 Å². The zero-order valence-electron chi connectivity index (χ0n) is 18.0. The van der Waals surface area contributed by atoms with Crippen LogP contribution in [0.3, 0.4) is 0 Å². The molecule has 0 amide bonds. The summed E-state index contributed by atoms with van der Waals surface area (Å²) in [4.78, 5) is 11.4. The fraction of sp³-hybridized carbons (Fsp3) is 0.440. The molecular formula is C25H32N4. The lowest BCUT2D eigenvalue weighted by Crippen LogP contribution is -2.62. The summed E-state index contributed by atoms with van der Waals surface area (Å²) < 4.78 is 0. The zero-order valence-corrected chi connectivity index (χ0v) is 18.0. The molecule has 29 heavy (non-hydrogen) atoms. The van der Waals surface area contributed by atoms with Crippen molar-refractivity contribution < 1.29 is 0 Å². The highest BCUT2D eigenvalue weighted by molar-refractivity contribution is 5.78. The van der Waals surface area contributed by atoms with Gasteiger partial charge in [-0.3, -0.25) is 14.9 Å². The van der Waals surface area contributed by atoms with Crippen LogP contribution in [0.4, 0.5) is 0 Å². The number of benzene rings is 1. The third-order valence-electron chi connectivity index (χ3n) is 5.85. The van der Waals surface area contributed by atoms with Crippen LogP contribution < -0.4 is 5.32 Å². The second-order valence-electron chi connectivity index (χ2n) is 9.75. The molecule has 2 aromatic heterocycles. The first kappa shape index (κ1) is 20.0. The summed E-state index contributed by atoms with van der Waals surface area (Å²) in [5.74, 6) is 0. The van der Waals surface area contributed by atoms with Crippen LogP contribution in [0.1, 0.15) is 51.7 Å². The Kier molecular flexibility index (Phi) is 5.41. The molecule has 3 heterocycles. The monoisotopic (exact) mass is 388 g/mol. The Bertz CT molecular complexity index is 949. The molecule has 1 aromatic carbocycles. The van der Waals surface area contributed by atoms with Gasteiger partial charge < -0.3 is 5.32 Å². The van der Waals surface area contributed by atoms with E-state index >= 15 is 0 Å². The van der Waals surface area contributed by atoms with Crippen molar-refractivity contribution in [2.24, 2.45) is 0 Å². The van der Waals surface area contributed by atoms with E-state index in [1.165, 1.54) is 16.5 Å². The Morgan fingerprint density at radius 1 is 0.931 bits per heavy atom. The van der Waals surface area contributed by atoms with Crippen molar-refractivity contribution in [1.82, 2.24) is 20.2 Å². The molecule has 3 aromatic rings. The molecule has 0 spiro atoms. The molecule has 1 saturated heterocycles. The standard InChI is InChI=1S/C25H32N4/c1-24(2)14-22(15-25(3,4)28-24)29(18-20-7-5-11-26-16-20)17-19-9-10-23-21(13-19)8-6-12-27-23/h5-13,16,22,28H,14-15,17-18H2,1-4H3. The predicted octanol–water partition coefficient (Wildman–Crippen LogP) is 4.94. The quantitative estimate of drug-likeness (QED) is 0.672. The van der Waals surface area contributed by atoms with Gasteiger partial charge in [0.15, 0.2) is 0 Å². The largest absolute Gasteiger partial charge is 0.307 e. The lowest BCUT2D eigenvalue weighted by molar-refractivity contribution is 0.0563. The van der Waals surface area contributed by atoms with Gasteiger partial charge in [0.05, 0.1) is 5.52 Å². The van der Waals surface area contributed by atoms with Crippen molar-refractivity contribution in [3.05, 3.63) is 72.2 Å². The maximum Gasteiger partial charge on any atom is 0.0702 e. The summed E-state index contributed by atoms with van der Waals surface area (Å²) in [5, 5.41) is 5.03. The molecule has 0 aliphatic carbocycles. The van der Waals surface area contributed by atoms with Crippen LogP contribution in [0.25, 0.3) is 10.9 Å². The highest BCUT2D eigenvalue weighted by atomic mass is 15.2. The van der Waals surface area contributed by atoms with E-state index in [-0.39, 0.29) is 11.1 Å². The van der Waals surface area contributed by atoms with E-state index < -0.39 is 0 Å². The first-order valence-corrected chi connectivity index (χ1v) is 10.6. The van der Waals surface area contributed by atoms with Crippen molar-refractivity contribution >= 4 is 10.9 Å². The van der Waals surface area contributed by atoms with E-state index in [4.69, 9.17) is 0 Å². The van der Waals surface area contributed by atoms with Crippen LogP contribution in [0.5, 0.6) is 0 Å².